The standard InChI is InChI=1S/C21H21N7O/c29-21(22-12-5-4-8-15-6-2-1-3-7-15)27-19-10-9-17-20(26-19)25-18(14-23-17)16-11-13-24-28-16/h1-3,6-7,9-11,13-14H,4-5,8,12H2,(H,24,28)(H2,22,25,26,27,29). The van der Waals surface area contributed by atoms with Crippen LogP contribution in [0.15, 0.2) is 60.9 Å². The van der Waals surface area contributed by atoms with Crippen LogP contribution in [0, 0.1) is 0 Å². The van der Waals surface area contributed by atoms with E-state index >= 15 is 0 Å². The molecule has 0 atom stereocenters. The molecular weight excluding hydrogens is 366 g/mol. The number of aromatic amines is 1. The number of amides is 2. The normalized spacial score (nSPS) is 10.8. The van der Waals surface area contributed by atoms with Crippen LogP contribution in [0.1, 0.15) is 18.4 Å². The Balaban J connectivity index is 1.29. The number of hydrogen-bond donors (Lipinski definition) is 3. The fourth-order valence-corrected chi connectivity index (χ4v) is 2.96. The van der Waals surface area contributed by atoms with Crippen molar-refractivity contribution in [3.63, 3.8) is 0 Å². The number of rotatable bonds is 7. The van der Waals surface area contributed by atoms with E-state index < -0.39 is 0 Å². The first-order chi connectivity index (χ1) is 14.3. The third-order valence-electron chi connectivity index (χ3n) is 4.45. The molecule has 0 aliphatic carbocycles. The van der Waals surface area contributed by atoms with Gasteiger partial charge < -0.3 is 5.32 Å². The summed E-state index contributed by atoms with van der Waals surface area (Å²) in [6, 6.07) is 15.3. The fourth-order valence-electron chi connectivity index (χ4n) is 2.96. The summed E-state index contributed by atoms with van der Waals surface area (Å²) in [6.07, 6.45) is 6.24. The van der Waals surface area contributed by atoms with E-state index in [4.69, 9.17) is 0 Å². The van der Waals surface area contributed by atoms with Gasteiger partial charge in [-0.1, -0.05) is 30.3 Å². The summed E-state index contributed by atoms with van der Waals surface area (Å²) in [5, 5.41) is 12.4. The van der Waals surface area contributed by atoms with E-state index in [9.17, 15) is 4.79 Å². The zero-order valence-corrected chi connectivity index (χ0v) is 15.8. The Hall–Kier alpha value is -3.81. The van der Waals surface area contributed by atoms with Gasteiger partial charge >= 0.3 is 6.03 Å². The summed E-state index contributed by atoms with van der Waals surface area (Å²) in [5.74, 6) is 0.426. The lowest BCUT2D eigenvalue weighted by Crippen LogP contribution is -2.29. The van der Waals surface area contributed by atoms with E-state index in [1.54, 1.807) is 24.5 Å². The van der Waals surface area contributed by atoms with Gasteiger partial charge in [-0.2, -0.15) is 5.10 Å². The molecule has 29 heavy (non-hydrogen) atoms. The molecule has 3 N–H and O–H groups in total. The number of hydrogen-bond acceptors (Lipinski definition) is 5. The van der Waals surface area contributed by atoms with Gasteiger partial charge in [0.05, 0.1) is 11.9 Å². The number of pyridine rings is 1. The van der Waals surface area contributed by atoms with Crippen LogP contribution in [0.4, 0.5) is 10.6 Å². The minimum Gasteiger partial charge on any atom is -0.338 e. The molecule has 1 aromatic carbocycles. The number of unbranched alkanes of at least 4 members (excludes halogenated alkanes) is 1. The van der Waals surface area contributed by atoms with Crippen molar-refractivity contribution in [2.75, 3.05) is 11.9 Å². The number of aryl methyl sites for hydroxylation is 1. The van der Waals surface area contributed by atoms with Gasteiger partial charge in [0.1, 0.15) is 17.0 Å². The molecule has 0 fully saturated rings. The summed E-state index contributed by atoms with van der Waals surface area (Å²) in [7, 11) is 0. The maximum absolute atomic E-state index is 12.1. The Kier molecular flexibility index (Phi) is 5.70. The second-order valence-electron chi connectivity index (χ2n) is 6.59. The van der Waals surface area contributed by atoms with Crippen LogP contribution in [-0.4, -0.2) is 37.7 Å². The first-order valence-corrected chi connectivity index (χ1v) is 9.50. The Morgan fingerprint density at radius 3 is 2.72 bits per heavy atom. The van der Waals surface area contributed by atoms with E-state index in [2.05, 4.69) is 47.9 Å². The maximum Gasteiger partial charge on any atom is 0.320 e. The van der Waals surface area contributed by atoms with Gasteiger partial charge in [-0.15, -0.1) is 0 Å². The third kappa shape index (κ3) is 4.92. The van der Waals surface area contributed by atoms with Crippen molar-refractivity contribution >= 4 is 23.0 Å². The molecule has 0 spiro atoms. The highest BCUT2D eigenvalue weighted by molar-refractivity contribution is 5.89. The summed E-state index contributed by atoms with van der Waals surface area (Å²) < 4.78 is 0. The summed E-state index contributed by atoms with van der Waals surface area (Å²) >= 11 is 0. The first-order valence-electron chi connectivity index (χ1n) is 9.50. The Morgan fingerprint density at radius 2 is 1.90 bits per heavy atom. The van der Waals surface area contributed by atoms with Crippen molar-refractivity contribution in [2.24, 2.45) is 0 Å². The number of anilines is 1. The number of aromatic nitrogens is 5. The number of benzene rings is 1. The monoisotopic (exact) mass is 387 g/mol. The molecule has 4 aromatic rings. The zero-order valence-electron chi connectivity index (χ0n) is 15.8. The molecule has 0 unspecified atom stereocenters. The lowest BCUT2D eigenvalue weighted by atomic mass is 10.1. The van der Waals surface area contributed by atoms with E-state index in [1.165, 1.54) is 5.56 Å². The smallest absolute Gasteiger partial charge is 0.320 e. The van der Waals surface area contributed by atoms with Crippen LogP contribution < -0.4 is 10.6 Å². The number of fused-ring (bicyclic) bond motifs is 1. The van der Waals surface area contributed by atoms with Crippen LogP contribution >= 0.6 is 0 Å². The van der Waals surface area contributed by atoms with Gasteiger partial charge in [-0.25, -0.2) is 14.8 Å². The van der Waals surface area contributed by atoms with E-state index in [0.717, 1.165) is 25.0 Å². The molecule has 4 rings (SSSR count). The van der Waals surface area contributed by atoms with Gasteiger partial charge in [0.25, 0.3) is 0 Å². The molecule has 0 radical (unpaired) electrons. The number of urea groups is 1. The number of nitrogens with zero attached hydrogens (tertiary/aromatic N) is 4. The van der Waals surface area contributed by atoms with Gasteiger partial charge in [0.15, 0.2) is 5.65 Å². The highest BCUT2D eigenvalue weighted by Gasteiger charge is 2.08. The summed E-state index contributed by atoms with van der Waals surface area (Å²) in [5.41, 5.74) is 3.82. The Bertz CT molecular complexity index is 1080. The molecule has 8 heteroatoms. The van der Waals surface area contributed by atoms with Gasteiger partial charge in [-0.05, 0) is 43.0 Å². The molecule has 146 valence electrons. The molecule has 0 saturated heterocycles. The lowest BCUT2D eigenvalue weighted by Gasteiger charge is -2.08. The molecule has 0 aliphatic heterocycles. The molecule has 3 aromatic heterocycles. The minimum absolute atomic E-state index is 0.283. The summed E-state index contributed by atoms with van der Waals surface area (Å²) in [6.45, 7) is 0.607. The van der Waals surface area contributed by atoms with E-state index in [-0.39, 0.29) is 6.03 Å². The lowest BCUT2D eigenvalue weighted by molar-refractivity contribution is 0.252. The number of nitrogens with one attached hydrogen (secondary N) is 3. The van der Waals surface area contributed by atoms with Crippen LogP contribution in [0.25, 0.3) is 22.6 Å². The highest BCUT2D eigenvalue weighted by Crippen LogP contribution is 2.17. The number of H-pyrrole nitrogens is 1. The average Bonchev–Trinajstić information content (AvgIpc) is 3.29. The van der Waals surface area contributed by atoms with Crippen molar-refractivity contribution in [1.82, 2.24) is 30.5 Å². The average molecular weight is 387 g/mol. The summed E-state index contributed by atoms with van der Waals surface area (Å²) in [4.78, 5) is 25.3. The van der Waals surface area contributed by atoms with Crippen molar-refractivity contribution in [3.8, 4) is 11.4 Å². The van der Waals surface area contributed by atoms with Gasteiger partial charge in [-0.3, -0.25) is 15.4 Å². The molecule has 3 heterocycles. The first kappa shape index (κ1) is 18.5. The molecular formula is C21H21N7O. The van der Waals surface area contributed by atoms with Crippen molar-refractivity contribution in [1.29, 1.82) is 0 Å². The molecule has 0 aliphatic rings. The minimum atomic E-state index is -0.283. The van der Waals surface area contributed by atoms with Crippen LogP contribution in [0.5, 0.6) is 0 Å². The van der Waals surface area contributed by atoms with E-state index in [1.807, 2.05) is 24.3 Å². The fraction of sp³-hybridized carbons (Fsp3) is 0.190. The predicted octanol–water partition coefficient (Wildman–Crippen LogP) is 3.56. The second kappa shape index (κ2) is 8.92. The maximum atomic E-state index is 12.1. The van der Waals surface area contributed by atoms with Crippen LogP contribution in [-0.2, 0) is 6.42 Å². The van der Waals surface area contributed by atoms with Gasteiger partial charge in [0.2, 0.25) is 0 Å². The molecule has 8 nitrogen and oxygen atoms in total. The number of carbonyl (C=O) groups is 1. The van der Waals surface area contributed by atoms with Crippen molar-refractivity contribution < 1.29 is 4.79 Å². The number of carbonyl (C=O) groups excluding carboxylic acids is 1. The Morgan fingerprint density at radius 1 is 1.00 bits per heavy atom. The van der Waals surface area contributed by atoms with Gasteiger partial charge in [0, 0.05) is 12.7 Å². The van der Waals surface area contributed by atoms with Crippen molar-refractivity contribution in [2.45, 2.75) is 19.3 Å². The van der Waals surface area contributed by atoms with E-state index in [0.29, 0.717) is 29.2 Å². The quantitative estimate of drug-likeness (QED) is 0.420. The third-order valence-corrected chi connectivity index (χ3v) is 4.45. The highest BCUT2D eigenvalue weighted by atomic mass is 16.2. The molecule has 0 bridgehead atoms. The topological polar surface area (TPSA) is 108 Å². The SMILES string of the molecule is O=C(NCCCCc1ccccc1)Nc1ccc2ncc(-c3ccn[nH]3)nc2n1. The van der Waals surface area contributed by atoms with Crippen LogP contribution in [0.2, 0.25) is 0 Å². The van der Waals surface area contributed by atoms with Crippen molar-refractivity contribution in [3.05, 3.63) is 66.5 Å². The largest absolute Gasteiger partial charge is 0.338 e. The second-order valence-corrected chi connectivity index (χ2v) is 6.59. The Labute approximate surface area is 167 Å². The predicted molar refractivity (Wildman–Crippen MR) is 111 cm³/mol. The van der Waals surface area contributed by atoms with Crippen LogP contribution in [0.3, 0.4) is 0 Å². The molecule has 0 saturated carbocycles. The molecule has 2 amide bonds. The zero-order chi connectivity index (χ0) is 19.9.